The maximum absolute atomic E-state index is 2.20. The van der Waals surface area contributed by atoms with Gasteiger partial charge in [0.1, 0.15) is 0 Å². The average Bonchev–Trinajstić information content (AvgIpc) is 2.74. The molecule has 4 rings (SSSR count). The number of aryl methyl sites for hydroxylation is 2. The lowest BCUT2D eigenvalue weighted by Crippen LogP contribution is -1.81. The van der Waals surface area contributed by atoms with E-state index in [4.69, 9.17) is 0 Å². The zero-order valence-corrected chi connectivity index (χ0v) is 16.4. The predicted octanol–water partition coefficient (Wildman–Crippen LogP) is 7.81. The minimum Gasteiger partial charge on any atom is -0.0587 e. The quantitative estimate of drug-likeness (QED) is 0.326. The summed E-state index contributed by atoms with van der Waals surface area (Å²) in [6.45, 7) is 4.23. The van der Waals surface area contributed by atoms with Gasteiger partial charge in [-0.3, -0.25) is 0 Å². The van der Waals surface area contributed by atoms with Crippen LogP contribution in [0.5, 0.6) is 0 Å². The van der Waals surface area contributed by atoms with Gasteiger partial charge in [0.05, 0.1) is 0 Å². The number of rotatable bonds is 4. The van der Waals surface area contributed by atoms with Crippen LogP contribution in [0, 0.1) is 13.8 Å². The summed E-state index contributed by atoms with van der Waals surface area (Å²) >= 11 is 0. The van der Waals surface area contributed by atoms with Gasteiger partial charge in [-0.15, -0.1) is 0 Å². The van der Waals surface area contributed by atoms with E-state index in [1.807, 2.05) is 0 Å². The Morgan fingerprint density at radius 3 is 1.00 bits per heavy atom. The molecule has 0 saturated carbocycles. The summed E-state index contributed by atoms with van der Waals surface area (Å²) in [5.74, 6) is 0. The van der Waals surface area contributed by atoms with Crippen molar-refractivity contribution >= 4 is 12.2 Å². The van der Waals surface area contributed by atoms with E-state index < -0.39 is 0 Å². The molecule has 0 aliphatic heterocycles. The Labute approximate surface area is 167 Å². The van der Waals surface area contributed by atoms with Gasteiger partial charge >= 0.3 is 0 Å². The summed E-state index contributed by atoms with van der Waals surface area (Å²) in [7, 11) is 0. The number of hydrogen-bond donors (Lipinski definition) is 0. The third kappa shape index (κ3) is 4.29. The topological polar surface area (TPSA) is 0 Å². The van der Waals surface area contributed by atoms with Crippen molar-refractivity contribution in [2.24, 2.45) is 0 Å². The van der Waals surface area contributed by atoms with E-state index in [0.717, 1.165) is 0 Å². The fourth-order valence-corrected chi connectivity index (χ4v) is 3.26. The Hall–Kier alpha value is -3.38. The van der Waals surface area contributed by atoms with Gasteiger partial charge in [0.2, 0.25) is 0 Å². The molecule has 0 N–H and O–H groups in total. The first kappa shape index (κ1) is 18.0. The highest BCUT2D eigenvalue weighted by molar-refractivity contribution is 5.74. The third-order valence-corrected chi connectivity index (χ3v) is 5.06. The molecular formula is C28H24. The van der Waals surface area contributed by atoms with Gasteiger partial charge in [-0.1, -0.05) is 120 Å². The average molecular weight is 360 g/mol. The summed E-state index contributed by atoms with van der Waals surface area (Å²) in [5, 5.41) is 0. The van der Waals surface area contributed by atoms with Crippen LogP contribution in [-0.4, -0.2) is 0 Å². The van der Waals surface area contributed by atoms with Crippen LogP contribution >= 0.6 is 0 Å². The fourth-order valence-electron chi connectivity index (χ4n) is 3.26. The first-order valence-electron chi connectivity index (χ1n) is 9.70. The first-order valence-corrected chi connectivity index (χ1v) is 9.70. The Morgan fingerprint density at radius 1 is 0.357 bits per heavy atom. The van der Waals surface area contributed by atoms with Gasteiger partial charge < -0.3 is 0 Å². The molecule has 0 saturated heterocycles. The molecule has 0 amide bonds. The van der Waals surface area contributed by atoms with Crippen LogP contribution in [0.4, 0.5) is 0 Å². The second kappa shape index (κ2) is 8.10. The maximum Gasteiger partial charge on any atom is -0.0184 e. The van der Waals surface area contributed by atoms with E-state index in [0.29, 0.717) is 0 Å². The highest BCUT2D eigenvalue weighted by atomic mass is 14.1. The van der Waals surface area contributed by atoms with E-state index in [1.54, 1.807) is 0 Å². The second-order valence-electron chi connectivity index (χ2n) is 7.31. The van der Waals surface area contributed by atoms with Crippen LogP contribution in [-0.2, 0) is 0 Å². The molecule has 4 aromatic rings. The summed E-state index contributed by atoms with van der Waals surface area (Å²) in [4.78, 5) is 0. The molecule has 0 heteroatoms. The molecule has 0 bridgehead atoms. The van der Waals surface area contributed by atoms with Gasteiger partial charge in [-0.05, 0) is 47.2 Å². The molecule has 0 spiro atoms. The standard InChI is InChI=1S/C28H24/c1-21-3-7-23(8-4-21)9-10-24-11-15-26(16-12-24)28-19-17-27(18-20-28)25-13-5-22(2)6-14-25/h3-20H,1-2H3/b10-9+. The van der Waals surface area contributed by atoms with Crippen LogP contribution in [0.2, 0.25) is 0 Å². The van der Waals surface area contributed by atoms with Crippen molar-refractivity contribution in [3.63, 3.8) is 0 Å². The van der Waals surface area contributed by atoms with E-state index in [-0.39, 0.29) is 0 Å². The van der Waals surface area contributed by atoms with E-state index >= 15 is 0 Å². The van der Waals surface area contributed by atoms with Crippen LogP contribution in [0.15, 0.2) is 97.1 Å². The van der Waals surface area contributed by atoms with Gasteiger partial charge in [0.25, 0.3) is 0 Å². The van der Waals surface area contributed by atoms with E-state index in [1.165, 1.54) is 44.5 Å². The van der Waals surface area contributed by atoms with Gasteiger partial charge in [0.15, 0.2) is 0 Å². The maximum atomic E-state index is 2.20. The fraction of sp³-hybridized carbons (Fsp3) is 0.0714. The Morgan fingerprint density at radius 2 is 0.607 bits per heavy atom. The number of hydrogen-bond acceptors (Lipinski definition) is 0. The molecular weight excluding hydrogens is 336 g/mol. The Balaban J connectivity index is 1.49. The van der Waals surface area contributed by atoms with Crippen LogP contribution < -0.4 is 0 Å². The lowest BCUT2D eigenvalue weighted by atomic mass is 9.99. The van der Waals surface area contributed by atoms with Crippen molar-refractivity contribution in [1.29, 1.82) is 0 Å². The normalized spacial score (nSPS) is 11.1. The summed E-state index contributed by atoms with van der Waals surface area (Å²) in [6, 6.07) is 34.8. The molecule has 0 nitrogen and oxygen atoms in total. The van der Waals surface area contributed by atoms with Crippen molar-refractivity contribution in [2.45, 2.75) is 13.8 Å². The minimum absolute atomic E-state index is 1.21. The van der Waals surface area contributed by atoms with Gasteiger partial charge in [-0.25, -0.2) is 0 Å². The SMILES string of the molecule is Cc1ccc(/C=C/c2ccc(-c3ccc(-c4ccc(C)cc4)cc3)cc2)cc1. The highest BCUT2D eigenvalue weighted by Crippen LogP contribution is 2.25. The monoisotopic (exact) mass is 360 g/mol. The molecule has 0 unspecified atom stereocenters. The molecule has 0 fully saturated rings. The van der Waals surface area contributed by atoms with Gasteiger partial charge in [-0.2, -0.15) is 0 Å². The Bertz CT molecular complexity index is 1060. The molecule has 0 radical (unpaired) electrons. The van der Waals surface area contributed by atoms with Gasteiger partial charge in [0, 0.05) is 0 Å². The van der Waals surface area contributed by atoms with Crippen molar-refractivity contribution in [3.05, 3.63) is 119 Å². The lowest BCUT2D eigenvalue weighted by molar-refractivity contribution is 1.46. The molecule has 0 aliphatic rings. The van der Waals surface area contributed by atoms with Crippen molar-refractivity contribution in [3.8, 4) is 22.3 Å². The molecule has 28 heavy (non-hydrogen) atoms. The first-order chi connectivity index (χ1) is 13.7. The third-order valence-electron chi connectivity index (χ3n) is 5.06. The van der Waals surface area contributed by atoms with Crippen molar-refractivity contribution in [2.75, 3.05) is 0 Å². The smallest absolute Gasteiger partial charge is 0.0184 e. The number of benzene rings is 4. The molecule has 4 aromatic carbocycles. The predicted molar refractivity (Wildman–Crippen MR) is 122 cm³/mol. The van der Waals surface area contributed by atoms with E-state index in [9.17, 15) is 0 Å². The molecule has 0 aromatic heterocycles. The molecule has 0 aliphatic carbocycles. The van der Waals surface area contributed by atoms with Crippen LogP contribution in [0.3, 0.4) is 0 Å². The van der Waals surface area contributed by atoms with Crippen molar-refractivity contribution < 1.29 is 0 Å². The zero-order valence-electron chi connectivity index (χ0n) is 16.4. The highest BCUT2D eigenvalue weighted by Gasteiger charge is 2.00. The second-order valence-corrected chi connectivity index (χ2v) is 7.31. The minimum atomic E-state index is 1.21. The zero-order chi connectivity index (χ0) is 19.3. The molecule has 0 atom stereocenters. The summed E-state index contributed by atoms with van der Waals surface area (Å²) < 4.78 is 0. The summed E-state index contributed by atoms with van der Waals surface area (Å²) in [6.07, 6.45) is 4.32. The van der Waals surface area contributed by atoms with Crippen molar-refractivity contribution in [1.82, 2.24) is 0 Å². The summed E-state index contributed by atoms with van der Waals surface area (Å²) in [5.41, 5.74) is 10.00. The van der Waals surface area contributed by atoms with Crippen LogP contribution in [0.25, 0.3) is 34.4 Å². The van der Waals surface area contributed by atoms with E-state index in [2.05, 4.69) is 123 Å². The van der Waals surface area contributed by atoms with Crippen LogP contribution in [0.1, 0.15) is 22.3 Å². The molecule has 136 valence electrons. The Kier molecular flexibility index (Phi) is 5.21. The molecule has 0 heterocycles. The largest absolute Gasteiger partial charge is 0.0587 e. The lowest BCUT2D eigenvalue weighted by Gasteiger charge is -2.06.